The van der Waals surface area contributed by atoms with Crippen LogP contribution in [0.4, 0.5) is 0 Å². The highest BCUT2D eigenvalue weighted by Crippen LogP contribution is 2.33. The first-order valence-electron chi connectivity index (χ1n) is 8.20. The van der Waals surface area contributed by atoms with Gasteiger partial charge in [-0.2, -0.15) is 0 Å². The highest BCUT2D eigenvalue weighted by molar-refractivity contribution is 7.17. The van der Waals surface area contributed by atoms with Gasteiger partial charge in [0.2, 0.25) is 0 Å². The normalized spacial score (nSPS) is 13.9. The summed E-state index contributed by atoms with van der Waals surface area (Å²) < 4.78 is 6.64. The molecule has 2 atom stereocenters. The first kappa shape index (κ1) is 16.1. The van der Waals surface area contributed by atoms with Gasteiger partial charge < -0.3 is 4.74 Å². The fraction of sp³-hybridized carbons (Fsp3) is 0.333. The summed E-state index contributed by atoms with van der Waals surface area (Å²) in [5, 5.41) is 3.66. The maximum absolute atomic E-state index is 5.24. The molecule has 0 spiro atoms. The number of hydrogen-bond donors (Lipinski definition) is 0. The lowest BCUT2D eigenvalue weighted by Crippen LogP contribution is -2.01. The molecule has 0 aliphatic carbocycles. The van der Waals surface area contributed by atoms with E-state index in [4.69, 9.17) is 4.74 Å². The molecule has 0 aliphatic rings. The largest absolute Gasteiger partial charge is 0.497 e. The lowest BCUT2D eigenvalue weighted by atomic mass is 9.87. The van der Waals surface area contributed by atoms with Gasteiger partial charge in [-0.15, -0.1) is 11.3 Å². The van der Waals surface area contributed by atoms with E-state index in [1.807, 2.05) is 11.3 Å². The quantitative estimate of drug-likeness (QED) is 0.519. The molecule has 0 saturated heterocycles. The van der Waals surface area contributed by atoms with Crippen molar-refractivity contribution in [3.63, 3.8) is 0 Å². The SMILES string of the molecule is COc1ccc([C@H](C)C[C@H](C)c2ccc3scc(C)c3c2)cc1. The average Bonchev–Trinajstić information content (AvgIpc) is 2.95. The molecule has 0 N–H and O–H groups in total. The first-order chi connectivity index (χ1) is 11.1. The van der Waals surface area contributed by atoms with Crippen molar-refractivity contribution in [1.29, 1.82) is 0 Å². The number of aryl methyl sites for hydroxylation is 1. The highest BCUT2D eigenvalue weighted by Gasteiger charge is 2.14. The third kappa shape index (κ3) is 3.42. The first-order valence-corrected chi connectivity index (χ1v) is 9.08. The number of thiophene rings is 1. The average molecular weight is 324 g/mol. The maximum Gasteiger partial charge on any atom is 0.118 e. The predicted molar refractivity (Wildman–Crippen MR) is 101 cm³/mol. The van der Waals surface area contributed by atoms with Crippen molar-refractivity contribution in [3.8, 4) is 5.75 Å². The van der Waals surface area contributed by atoms with Crippen LogP contribution in [-0.2, 0) is 0 Å². The summed E-state index contributed by atoms with van der Waals surface area (Å²) in [4.78, 5) is 0. The fourth-order valence-corrected chi connectivity index (χ4v) is 4.14. The van der Waals surface area contributed by atoms with E-state index in [0.29, 0.717) is 11.8 Å². The van der Waals surface area contributed by atoms with E-state index in [1.54, 1.807) is 7.11 Å². The molecule has 0 saturated carbocycles. The summed E-state index contributed by atoms with van der Waals surface area (Å²) in [5.41, 5.74) is 4.21. The second kappa shape index (κ2) is 6.76. The van der Waals surface area contributed by atoms with Crippen LogP contribution >= 0.6 is 11.3 Å². The fourth-order valence-electron chi connectivity index (χ4n) is 3.22. The van der Waals surface area contributed by atoms with Crippen LogP contribution in [0.5, 0.6) is 5.75 Å². The Morgan fingerprint density at radius 2 is 1.61 bits per heavy atom. The second-order valence-electron chi connectivity index (χ2n) is 6.49. The van der Waals surface area contributed by atoms with Crippen molar-refractivity contribution in [1.82, 2.24) is 0 Å². The molecule has 0 unspecified atom stereocenters. The molecular formula is C21H24OS. The Labute approximate surface area is 142 Å². The van der Waals surface area contributed by atoms with Crippen molar-refractivity contribution in [2.75, 3.05) is 7.11 Å². The van der Waals surface area contributed by atoms with E-state index >= 15 is 0 Å². The van der Waals surface area contributed by atoms with E-state index in [0.717, 1.165) is 12.2 Å². The van der Waals surface area contributed by atoms with Crippen LogP contribution in [0.3, 0.4) is 0 Å². The molecule has 0 amide bonds. The summed E-state index contributed by atoms with van der Waals surface area (Å²) in [6.45, 7) is 6.85. The van der Waals surface area contributed by atoms with Crippen molar-refractivity contribution >= 4 is 21.4 Å². The van der Waals surface area contributed by atoms with Gasteiger partial charge in [-0.25, -0.2) is 0 Å². The van der Waals surface area contributed by atoms with Gasteiger partial charge >= 0.3 is 0 Å². The van der Waals surface area contributed by atoms with Crippen LogP contribution in [0.15, 0.2) is 47.8 Å². The van der Waals surface area contributed by atoms with Crippen LogP contribution in [0.25, 0.3) is 10.1 Å². The molecule has 120 valence electrons. The minimum atomic E-state index is 0.537. The maximum atomic E-state index is 5.24. The summed E-state index contributed by atoms with van der Waals surface area (Å²) >= 11 is 1.84. The molecule has 1 aromatic heterocycles. The summed E-state index contributed by atoms with van der Waals surface area (Å²) in [7, 11) is 1.71. The molecule has 2 heteroatoms. The molecule has 1 nitrogen and oxygen atoms in total. The van der Waals surface area contributed by atoms with Gasteiger partial charge in [0.15, 0.2) is 0 Å². The predicted octanol–water partition coefficient (Wildman–Crippen LogP) is 6.52. The molecule has 0 aliphatic heterocycles. The van der Waals surface area contributed by atoms with Crippen molar-refractivity contribution < 1.29 is 4.74 Å². The number of ether oxygens (including phenoxy) is 1. The molecular weight excluding hydrogens is 300 g/mol. The van der Waals surface area contributed by atoms with E-state index in [2.05, 4.69) is 68.6 Å². The minimum Gasteiger partial charge on any atom is -0.497 e. The Bertz CT molecular complexity index is 785. The van der Waals surface area contributed by atoms with Gasteiger partial charge in [0.25, 0.3) is 0 Å². The lowest BCUT2D eigenvalue weighted by molar-refractivity contribution is 0.414. The molecule has 2 aromatic carbocycles. The number of fused-ring (bicyclic) bond motifs is 1. The van der Waals surface area contributed by atoms with Crippen molar-refractivity contribution in [2.45, 2.75) is 39.0 Å². The van der Waals surface area contributed by atoms with Gasteiger partial charge in [-0.05, 0) is 76.9 Å². The molecule has 3 aromatic rings. The Morgan fingerprint density at radius 1 is 0.957 bits per heavy atom. The number of hydrogen-bond acceptors (Lipinski definition) is 2. The van der Waals surface area contributed by atoms with Crippen molar-refractivity contribution in [2.24, 2.45) is 0 Å². The minimum absolute atomic E-state index is 0.537. The molecule has 0 bridgehead atoms. The van der Waals surface area contributed by atoms with E-state index in [1.165, 1.54) is 26.8 Å². The topological polar surface area (TPSA) is 9.23 Å². The van der Waals surface area contributed by atoms with E-state index in [-0.39, 0.29) is 0 Å². The van der Waals surface area contributed by atoms with Crippen LogP contribution in [0, 0.1) is 6.92 Å². The zero-order chi connectivity index (χ0) is 16.4. The van der Waals surface area contributed by atoms with Crippen molar-refractivity contribution in [3.05, 3.63) is 64.5 Å². The highest BCUT2D eigenvalue weighted by atomic mass is 32.1. The second-order valence-corrected chi connectivity index (χ2v) is 7.40. The Morgan fingerprint density at radius 3 is 2.30 bits per heavy atom. The number of rotatable bonds is 5. The van der Waals surface area contributed by atoms with Gasteiger partial charge in [-0.1, -0.05) is 32.0 Å². The third-order valence-electron chi connectivity index (χ3n) is 4.75. The smallest absolute Gasteiger partial charge is 0.118 e. The van der Waals surface area contributed by atoms with Crippen LogP contribution in [0.2, 0.25) is 0 Å². The summed E-state index contributed by atoms with van der Waals surface area (Å²) in [5.74, 6) is 2.01. The summed E-state index contributed by atoms with van der Waals surface area (Å²) in [6.07, 6.45) is 1.15. The number of benzene rings is 2. The molecule has 0 fully saturated rings. The lowest BCUT2D eigenvalue weighted by Gasteiger charge is -2.18. The number of methoxy groups -OCH3 is 1. The molecule has 3 rings (SSSR count). The summed E-state index contributed by atoms with van der Waals surface area (Å²) in [6, 6.07) is 15.4. The zero-order valence-corrected chi connectivity index (χ0v) is 15.1. The standard InChI is InChI=1S/C21H24OS/c1-14(17-5-8-19(22-4)9-6-17)11-15(2)18-7-10-21-20(12-18)16(3)13-23-21/h5-10,12-15H,11H2,1-4H3/t14-,15+/m1/s1. The zero-order valence-electron chi connectivity index (χ0n) is 14.3. The van der Waals surface area contributed by atoms with Gasteiger partial charge in [-0.3, -0.25) is 0 Å². The molecule has 0 radical (unpaired) electrons. The van der Waals surface area contributed by atoms with Gasteiger partial charge in [0.05, 0.1) is 7.11 Å². The van der Waals surface area contributed by atoms with Gasteiger partial charge in [0, 0.05) is 4.70 Å². The van der Waals surface area contributed by atoms with E-state index < -0.39 is 0 Å². The molecule has 23 heavy (non-hydrogen) atoms. The Hall–Kier alpha value is -1.80. The van der Waals surface area contributed by atoms with E-state index in [9.17, 15) is 0 Å². The molecule has 1 heterocycles. The Kier molecular flexibility index (Phi) is 4.72. The monoisotopic (exact) mass is 324 g/mol. The third-order valence-corrected chi connectivity index (χ3v) is 5.83. The van der Waals surface area contributed by atoms with Gasteiger partial charge in [0.1, 0.15) is 5.75 Å². The van der Waals surface area contributed by atoms with Crippen LogP contribution in [0.1, 0.15) is 48.8 Å². The Balaban J connectivity index is 1.75. The van der Waals surface area contributed by atoms with Crippen LogP contribution < -0.4 is 4.74 Å². The van der Waals surface area contributed by atoms with Crippen LogP contribution in [-0.4, -0.2) is 7.11 Å².